The molecule has 0 aliphatic heterocycles. The van der Waals surface area contributed by atoms with Crippen LogP contribution in [0.3, 0.4) is 0 Å². The summed E-state index contributed by atoms with van der Waals surface area (Å²) < 4.78 is 42.1. The van der Waals surface area contributed by atoms with E-state index in [4.69, 9.17) is 18.0 Å². The molecule has 0 saturated carbocycles. The smallest absolute Gasteiger partial charge is 0.241 e. The second-order valence-corrected chi connectivity index (χ2v) is 6.34. The first-order chi connectivity index (χ1) is 9.83. The van der Waals surface area contributed by atoms with Crippen LogP contribution >= 0.6 is 12.2 Å². The number of benzene rings is 1. The molecule has 0 unspecified atom stereocenters. The number of sulfonamides is 1. The molecule has 21 heavy (non-hydrogen) atoms. The third-order valence-electron chi connectivity index (χ3n) is 2.74. The average molecular weight is 329 g/mol. The lowest BCUT2D eigenvalue weighted by atomic mass is 10.2. The van der Waals surface area contributed by atoms with E-state index < -0.39 is 15.8 Å². The van der Waals surface area contributed by atoms with Crippen LogP contribution in [0.1, 0.15) is 11.4 Å². The van der Waals surface area contributed by atoms with E-state index in [0.29, 0.717) is 5.82 Å². The van der Waals surface area contributed by atoms with E-state index in [0.717, 1.165) is 6.07 Å². The number of hydrogen-bond donors (Lipinski definition) is 2. The van der Waals surface area contributed by atoms with Gasteiger partial charge in [0.05, 0.1) is 17.0 Å². The van der Waals surface area contributed by atoms with Gasteiger partial charge in [-0.05, 0) is 12.1 Å². The maximum Gasteiger partial charge on any atom is 0.241 e. The standard InChI is InChI=1S/C11H12FN5O2S2/c1-17-6-14-16-9(17)5-15-21(18,19)8-4-2-3-7(12)10(8)11(13)20/h2-4,6,15H,5H2,1H3,(H2,13,20). The quantitative estimate of drug-likeness (QED) is 0.752. The fraction of sp³-hybridized carbons (Fsp3) is 0.182. The SMILES string of the molecule is Cn1cnnc1CNS(=O)(=O)c1cccc(F)c1C(N)=S. The highest BCUT2D eigenvalue weighted by atomic mass is 32.2. The molecule has 0 aliphatic rings. The fourth-order valence-corrected chi connectivity index (χ4v) is 3.15. The number of thiocarbonyl (C=S) groups is 1. The Morgan fingerprint density at radius 2 is 2.24 bits per heavy atom. The van der Waals surface area contributed by atoms with E-state index in [1.165, 1.54) is 18.5 Å². The highest BCUT2D eigenvalue weighted by Crippen LogP contribution is 2.19. The molecular weight excluding hydrogens is 317 g/mol. The first-order valence-electron chi connectivity index (χ1n) is 5.74. The van der Waals surface area contributed by atoms with Crippen LogP contribution in [0.2, 0.25) is 0 Å². The van der Waals surface area contributed by atoms with Crippen molar-refractivity contribution in [3.8, 4) is 0 Å². The van der Waals surface area contributed by atoms with Gasteiger partial charge in [-0.25, -0.2) is 17.5 Å². The zero-order valence-electron chi connectivity index (χ0n) is 10.9. The van der Waals surface area contributed by atoms with Crippen LogP contribution in [0.5, 0.6) is 0 Å². The Morgan fingerprint density at radius 3 is 2.81 bits per heavy atom. The summed E-state index contributed by atoms with van der Waals surface area (Å²) in [5.74, 6) is -0.379. The highest BCUT2D eigenvalue weighted by molar-refractivity contribution is 7.89. The molecule has 3 N–H and O–H groups in total. The van der Waals surface area contributed by atoms with Gasteiger partial charge in [0.25, 0.3) is 0 Å². The van der Waals surface area contributed by atoms with Gasteiger partial charge in [-0.3, -0.25) is 0 Å². The molecule has 112 valence electrons. The first kappa shape index (κ1) is 15.5. The van der Waals surface area contributed by atoms with Crippen molar-refractivity contribution in [3.05, 3.63) is 41.7 Å². The molecule has 0 radical (unpaired) electrons. The van der Waals surface area contributed by atoms with Gasteiger partial charge in [0.2, 0.25) is 10.0 Å². The third kappa shape index (κ3) is 3.23. The Hall–Kier alpha value is -1.91. The monoisotopic (exact) mass is 329 g/mol. The summed E-state index contributed by atoms with van der Waals surface area (Å²) in [4.78, 5) is -0.635. The van der Waals surface area contributed by atoms with Crippen LogP contribution < -0.4 is 10.5 Å². The minimum Gasteiger partial charge on any atom is -0.389 e. The topological polar surface area (TPSA) is 103 Å². The van der Waals surface area contributed by atoms with E-state index >= 15 is 0 Å². The molecule has 0 fully saturated rings. The summed E-state index contributed by atoms with van der Waals surface area (Å²) in [7, 11) is -2.32. The van der Waals surface area contributed by atoms with Crippen molar-refractivity contribution in [2.75, 3.05) is 0 Å². The number of aromatic nitrogens is 3. The lowest BCUT2D eigenvalue weighted by molar-refractivity contribution is 0.573. The van der Waals surface area contributed by atoms with Crippen LogP contribution in [-0.4, -0.2) is 28.2 Å². The summed E-state index contributed by atoms with van der Waals surface area (Å²) >= 11 is 4.71. The van der Waals surface area contributed by atoms with E-state index in [2.05, 4.69) is 14.9 Å². The van der Waals surface area contributed by atoms with Crippen molar-refractivity contribution in [1.82, 2.24) is 19.5 Å². The van der Waals surface area contributed by atoms with Crippen molar-refractivity contribution in [2.24, 2.45) is 12.8 Å². The lowest BCUT2D eigenvalue weighted by Crippen LogP contribution is -2.28. The number of nitrogens with two attached hydrogens (primary N) is 1. The Balaban J connectivity index is 2.34. The molecule has 1 aromatic carbocycles. The second-order valence-electron chi connectivity index (χ2n) is 4.16. The van der Waals surface area contributed by atoms with Crippen LogP contribution in [0, 0.1) is 5.82 Å². The Labute approximate surface area is 126 Å². The normalized spacial score (nSPS) is 11.5. The summed E-state index contributed by atoms with van der Waals surface area (Å²) in [5.41, 5.74) is 5.09. The molecule has 0 spiro atoms. The van der Waals surface area contributed by atoms with Gasteiger partial charge >= 0.3 is 0 Å². The van der Waals surface area contributed by atoms with Crippen molar-refractivity contribution in [2.45, 2.75) is 11.4 Å². The molecule has 0 aliphatic carbocycles. The first-order valence-corrected chi connectivity index (χ1v) is 7.63. The molecule has 2 rings (SSSR count). The minimum atomic E-state index is -3.99. The Bertz CT molecular complexity index is 788. The summed E-state index contributed by atoms with van der Waals surface area (Å²) in [5, 5.41) is 7.38. The number of nitrogens with one attached hydrogen (secondary N) is 1. The fourth-order valence-electron chi connectivity index (χ4n) is 1.67. The van der Waals surface area contributed by atoms with Gasteiger partial charge in [0.15, 0.2) is 0 Å². The Kier molecular flexibility index (Phi) is 4.30. The van der Waals surface area contributed by atoms with Crippen LogP contribution in [0.4, 0.5) is 4.39 Å². The predicted octanol–water partition coefficient (Wildman–Crippen LogP) is 0.0669. The predicted molar refractivity (Wildman–Crippen MR) is 77.3 cm³/mol. The van der Waals surface area contributed by atoms with Crippen molar-refractivity contribution >= 4 is 27.2 Å². The van der Waals surface area contributed by atoms with Crippen molar-refractivity contribution in [3.63, 3.8) is 0 Å². The zero-order valence-corrected chi connectivity index (χ0v) is 12.6. The molecular formula is C11H12FN5O2S2. The van der Waals surface area contributed by atoms with E-state index in [1.807, 2.05) is 0 Å². The molecule has 0 saturated heterocycles. The average Bonchev–Trinajstić information content (AvgIpc) is 2.81. The van der Waals surface area contributed by atoms with Crippen molar-refractivity contribution in [1.29, 1.82) is 0 Å². The van der Waals surface area contributed by atoms with Gasteiger partial charge in [-0.2, -0.15) is 0 Å². The molecule has 10 heteroatoms. The Morgan fingerprint density at radius 1 is 1.52 bits per heavy atom. The van der Waals surface area contributed by atoms with Crippen LogP contribution in [-0.2, 0) is 23.6 Å². The second kappa shape index (κ2) is 5.84. The number of hydrogen-bond acceptors (Lipinski definition) is 5. The molecule has 1 heterocycles. The largest absolute Gasteiger partial charge is 0.389 e. The molecule has 7 nitrogen and oxygen atoms in total. The maximum atomic E-state index is 13.7. The number of nitrogens with zero attached hydrogens (tertiary/aromatic N) is 3. The number of halogens is 1. The van der Waals surface area contributed by atoms with E-state index in [9.17, 15) is 12.8 Å². The highest BCUT2D eigenvalue weighted by Gasteiger charge is 2.23. The summed E-state index contributed by atoms with van der Waals surface area (Å²) in [6, 6.07) is 3.60. The maximum absolute atomic E-state index is 13.7. The van der Waals surface area contributed by atoms with Crippen LogP contribution in [0.15, 0.2) is 29.4 Å². The molecule has 0 amide bonds. The zero-order chi connectivity index (χ0) is 15.6. The van der Waals surface area contributed by atoms with E-state index in [1.54, 1.807) is 11.6 Å². The van der Waals surface area contributed by atoms with Gasteiger partial charge < -0.3 is 10.3 Å². The minimum absolute atomic E-state index is 0.0912. The van der Waals surface area contributed by atoms with Gasteiger partial charge in [-0.15, -0.1) is 10.2 Å². The summed E-state index contributed by atoms with van der Waals surface area (Å²) in [6.45, 7) is -0.0912. The van der Waals surface area contributed by atoms with Gasteiger partial charge in [0, 0.05) is 7.05 Å². The number of aryl methyl sites for hydroxylation is 1. The van der Waals surface area contributed by atoms with E-state index in [-0.39, 0.29) is 22.0 Å². The third-order valence-corrected chi connectivity index (χ3v) is 4.38. The summed E-state index contributed by atoms with van der Waals surface area (Å²) in [6.07, 6.45) is 1.44. The number of rotatable bonds is 5. The van der Waals surface area contributed by atoms with Crippen molar-refractivity contribution < 1.29 is 12.8 Å². The van der Waals surface area contributed by atoms with Gasteiger partial charge in [-0.1, -0.05) is 18.3 Å². The lowest BCUT2D eigenvalue weighted by Gasteiger charge is -2.11. The molecule has 0 bridgehead atoms. The molecule has 0 atom stereocenters. The van der Waals surface area contributed by atoms with Gasteiger partial charge in [0.1, 0.15) is 23.0 Å². The molecule has 2 aromatic rings. The van der Waals surface area contributed by atoms with Crippen LogP contribution in [0.25, 0.3) is 0 Å². The molecule has 1 aromatic heterocycles.